The number of Topliss-reactive ketones (excluding diaryl/α,β-unsaturated/α-hetero) is 1. The van der Waals surface area contributed by atoms with Crippen molar-refractivity contribution in [2.75, 3.05) is 18.6 Å². The molecule has 0 aromatic heterocycles. The first-order chi connectivity index (χ1) is 24.8. The van der Waals surface area contributed by atoms with Gasteiger partial charge in [0.1, 0.15) is 0 Å². The fourth-order valence-corrected chi connectivity index (χ4v) is 12.1. The maximum atomic E-state index is 16.2. The quantitative estimate of drug-likeness (QED) is 0.120. The Morgan fingerprint density at radius 3 is 1.71 bits per heavy atom. The van der Waals surface area contributed by atoms with Crippen molar-refractivity contribution >= 4 is 57.4 Å². The average Bonchev–Trinajstić information content (AvgIpc) is 3.57. The summed E-state index contributed by atoms with van der Waals surface area (Å²) in [7, 11) is 1.22. The fraction of sp³-hybridized carbons (Fsp3) is 0.140. The van der Waals surface area contributed by atoms with Gasteiger partial charge in [0.25, 0.3) is 5.91 Å². The van der Waals surface area contributed by atoms with Crippen LogP contribution in [0.1, 0.15) is 23.6 Å². The smallest absolute Gasteiger partial charge is 0.339 e. The van der Waals surface area contributed by atoms with Gasteiger partial charge in [-0.2, -0.15) is 0 Å². The minimum absolute atomic E-state index is 0.0463. The summed E-state index contributed by atoms with van der Waals surface area (Å²) in [5, 5.41) is 2.37. The van der Waals surface area contributed by atoms with Crippen LogP contribution in [0.4, 0.5) is 5.69 Å². The third kappa shape index (κ3) is 5.11. The number of nitrogens with zero attached hydrogens (tertiary/aromatic N) is 1. The number of benzene rings is 5. The summed E-state index contributed by atoms with van der Waals surface area (Å²) in [6.07, 6.45) is 0. The first-order valence-corrected chi connectivity index (χ1v) is 18.6. The number of carbonyl (C=O) groups is 4. The summed E-state index contributed by atoms with van der Waals surface area (Å²) in [4.78, 5) is 62.3. The third-order valence-electron chi connectivity index (χ3n) is 9.65. The number of ether oxygens (including phenoxy) is 2. The molecule has 0 bridgehead atoms. The summed E-state index contributed by atoms with van der Waals surface area (Å²) in [5.41, 5.74) is -0.326. The Morgan fingerprint density at radius 1 is 0.706 bits per heavy atom. The van der Waals surface area contributed by atoms with Crippen LogP contribution in [-0.2, 0) is 40.6 Å². The van der Waals surface area contributed by atoms with Gasteiger partial charge in [-0.1, -0.05) is 139 Å². The summed E-state index contributed by atoms with van der Waals surface area (Å²) in [5.74, 6) is -3.07. The van der Waals surface area contributed by atoms with E-state index in [4.69, 9.17) is 9.47 Å². The maximum Gasteiger partial charge on any atom is 0.339 e. The molecule has 1 aliphatic heterocycles. The summed E-state index contributed by atoms with van der Waals surface area (Å²) in [6, 6.07) is 43.5. The van der Waals surface area contributed by atoms with Crippen molar-refractivity contribution in [2.24, 2.45) is 0 Å². The van der Waals surface area contributed by atoms with Crippen molar-refractivity contribution in [1.82, 2.24) is 0 Å². The summed E-state index contributed by atoms with van der Waals surface area (Å²) >= 11 is 0. The van der Waals surface area contributed by atoms with Gasteiger partial charge in [-0.3, -0.25) is 9.59 Å². The third-order valence-corrected chi connectivity index (χ3v) is 14.0. The van der Waals surface area contributed by atoms with E-state index in [1.165, 1.54) is 7.11 Å². The molecule has 1 spiro atoms. The van der Waals surface area contributed by atoms with E-state index in [0.29, 0.717) is 11.3 Å². The Bertz CT molecular complexity index is 2160. The Balaban J connectivity index is 1.72. The molecule has 0 N–H and O–H groups in total. The second-order valence-corrected chi connectivity index (χ2v) is 15.8. The van der Waals surface area contributed by atoms with Gasteiger partial charge in [0.15, 0.2) is 11.2 Å². The first kappa shape index (κ1) is 33.7. The Hall–Kier alpha value is -5.78. The van der Waals surface area contributed by atoms with Gasteiger partial charge in [0.05, 0.1) is 31.4 Å². The number of ketones is 1. The molecule has 1 atom stereocenters. The minimum Gasteiger partial charge on any atom is -0.465 e. The first-order valence-electron chi connectivity index (χ1n) is 16.8. The van der Waals surface area contributed by atoms with Crippen molar-refractivity contribution < 1.29 is 28.7 Å². The van der Waals surface area contributed by atoms with Crippen LogP contribution in [0.5, 0.6) is 0 Å². The van der Waals surface area contributed by atoms with Gasteiger partial charge >= 0.3 is 11.9 Å². The number of fused-ring (bicyclic) bond motifs is 2. The zero-order chi connectivity index (χ0) is 35.8. The normalized spacial score (nSPS) is 16.8. The number of hydrogen-bond donors (Lipinski definition) is 0. The Kier molecular flexibility index (Phi) is 8.92. The van der Waals surface area contributed by atoms with E-state index in [1.807, 2.05) is 134 Å². The molecule has 0 saturated carbocycles. The minimum atomic E-state index is -3.36. The van der Waals surface area contributed by atoms with Gasteiger partial charge in [-0.25, -0.2) is 9.59 Å². The summed E-state index contributed by atoms with van der Waals surface area (Å²) < 4.78 is 11.1. The predicted molar refractivity (Wildman–Crippen MR) is 201 cm³/mol. The van der Waals surface area contributed by atoms with E-state index < -0.39 is 35.9 Å². The fourth-order valence-electron chi connectivity index (χ4n) is 7.58. The lowest BCUT2D eigenvalue weighted by Gasteiger charge is -2.32. The SMILES string of the molecule is CCOC(=O)C1=C(C(=O)OC)C(=P(c2ccccc2)(c2ccccc2)c2ccccc2)C(=O)C12C(=O)N(Cc1ccccc1)c1ccc(C)cc12. The van der Waals surface area contributed by atoms with E-state index in [9.17, 15) is 9.59 Å². The molecule has 51 heavy (non-hydrogen) atoms. The maximum absolute atomic E-state index is 16.2. The number of rotatable bonds is 8. The van der Waals surface area contributed by atoms with Gasteiger partial charge in [0, 0.05) is 16.5 Å². The van der Waals surface area contributed by atoms with Crippen molar-refractivity contribution in [3.63, 3.8) is 0 Å². The molecule has 1 amide bonds. The highest BCUT2D eigenvalue weighted by molar-refractivity contribution is 7.97. The molecule has 5 aromatic carbocycles. The number of aryl methyl sites for hydroxylation is 1. The molecule has 8 heteroatoms. The molecule has 7 nitrogen and oxygen atoms in total. The number of carbonyl (C=O) groups excluding carboxylic acids is 4. The van der Waals surface area contributed by atoms with E-state index >= 15 is 9.59 Å². The Labute approximate surface area is 297 Å². The van der Waals surface area contributed by atoms with Crippen LogP contribution < -0.4 is 20.8 Å². The predicted octanol–water partition coefficient (Wildman–Crippen LogP) is 5.56. The van der Waals surface area contributed by atoms with Crippen LogP contribution >= 0.6 is 6.89 Å². The number of anilines is 1. The topological polar surface area (TPSA) is 90.0 Å². The molecule has 2 aliphatic rings. The number of hydrogen-bond acceptors (Lipinski definition) is 6. The van der Waals surface area contributed by atoms with Gasteiger partial charge in [-0.05, 0) is 48.3 Å². The Morgan fingerprint density at radius 2 is 1.22 bits per heavy atom. The van der Waals surface area contributed by atoms with Gasteiger partial charge in [0.2, 0.25) is 0 Å². The van der Waals surface area contributed by atoms with Crippen LogP contribution in [-0.4, -0.2) is 42.6 Å². The highest BCUT2D eigenvalue weighted by atomic mass is 31.2. The lowest BCUT2D eigenvalue weighted by Crippen LogP contribution is -2.49. The molecular formula is C43H36NO6P. The van der Waals surface area contributed by atoms with Crippen molar-refractivity contribution in [3.8, 4) is 0 Å². The molecule has 1 unspecified atom stereocenters. The van der Waals surface area contributed by atoms with Gasteiger partial charge < -0.3 is 14.4 Å². The van der Waals surface area contributed by atoms with Crippen molar-refractivity contribution in [2.45, 2.75) is 25.8 Å². The van der Waals surface area contributed by atoms with Crippen LogP contribution in [0.15, 0.2) is 151 Å². The van der Waals surface area contributed by atoms with E-state index in [-0.39, 0.29) is 29.6 Å². The highest BCUT2D eigenvalue weighted by Crippen LogP contribution is 2.58. The van der Waals surface area contributed by atoms with Crippen molar-refractivity contribution in [3.05, 3.63) is 167 Å². The lowest BCUT2D eigenvalue weighted by molar-refractivity contribution is -0.143. The standard InChI is InChI=1S/C43H36NO6P/c1-4-50-41(47)37-36(40(46)49-3)38(51(31-19-11-6-12-20-31,32-21-13-7-14-22-32)33-23-15-8-16-24-33)39(45)43(37)34-27-29(2)25-26-35(34)44(42(43)48)28-30-17-9-5-10-18-30/h5-27H,4,28H2,1-3H3. The number of amides is 1. The monoisotopic (exact) mass is 693 g/mol. The molecule has 7 rings (SSSR count). The van der Waals surface area contributed by atoms with Crippen LogP contribution in [0.2, 0.25) is 0 Å². The molecule has 0 saturated heterocycles. The lowest BCUT2D eigenvalue weighted by atomic mass is 9.74. The van der Waals surface area contributed by atoms with E-state index in [0.717, 1.165) is 27.0 Å². The zero-order valence-corrected chi connectivity index (χ0v) is 29.4. The molecular weight excluding hydrogens is 657 g/mol. The number of esters is 2. The van der Waals surface area contributed by atoms with E-state index in [1.54, 1.807) is 24.0 Å². The van der Waals surface area contributed by atoms with Crippen molar-refractivity contribution in [1.29, 1.82) is 0 Å². The molecule has 1 heterocycles. The van der Waals surface area contributed by atoms with Crippen LogP contribution in [0, 0.1) is 6.92 Å². The van der Waals surface area contributed by atoms with Gasteiger partial charge in [-0.15, -0.1) is 0 Å². The van der Waals surface area contributed by atoms with Crippen LogP contribution in [0.25, 0.3) is 0 Å². The van der Waals surface area contributed by atoms with E-state index in [2.05, 4.69) is 0 Å². The highest BCUT2D eigenvalue weighted by Gasteiger charge is 2.68. The number of methoxy groups -OCH3 is 1. The molecule has 0 fully saturated rings. The molecule has 1 aliphatic carbocycles. The molecule has 0 radical (unpaired) electrons. The summed E-state index contributed by atoms with van der Waals surface area (Å²) in [6.45, 7) is 0.248. The molecule has 254 valence electrons. The second kappa shape index (κ2) is 13.5. The second-order valence-electron chi connectivity index (χ2n) is 12.5. The average molecular weight is 694 g/mol. The zero-order valence-electron chi connectivity index (χ0n) is 28.5. The van der Waals surface area contributed by atoms with Crippen LogP contribution in [0.3, 0.4) is 0 Å². The molecule has 5 aromatic rings. The largest absolute Gasteiger partial charge is 0.465 e.